The van der Waals surface area contributed by atoms with Crippen LogP contribution in [0.4, 0.5) is 0 Å². The van der Waals surface area contributed by atoms with E-state index in [1.165, 1.54) is 5.56 Å². The lowest BCUT2D eigenvalue weighted by Gasteiger charge is -2.18. The predicted octanol–water partition coefficient (Wildman–Crippen LogP) is 4.63. The van der Waals surface area contributed by atoms with Crippen molar-refractivity contribution in [2.24, 2.45) is 0 Å². The molecule has 0 aromatic heterocycles. The molecule has 23 heavy (non-hydrogen) atoms. The first kappa shape index (κ1) is 17.7. The molecule has 2 aromatic rings. The van der Waals surface area contributed by atoms with Crippen molar-refractivity contribution in [3.05, 3.63) is 65.7 Å². The minimum absolute atomic E-state index is 0.213. The molecule has 124 valence electrons. The highest BCUT2D eigenvalue weighted by Crippen LogP contribution is 2.23. The van der Waals surface area contributed by atoms with Crippen molar-refractivity contribution in [3.8, 4) is 0 Å². The quantitative estimate of drug-likeness (QED) is 0.804. The molecule has 1 N–H and O–H groups in total. The molecule has 2 rings (SSSR count). The fourth-order valence-corrected chi connectivity index (χ4v) is 3.85. The number of nitrogens with one attached hydrogen (secondary N) is 1. The maximum absolute atomic E-state index is 12.6. The molecule has 0 saturated heterocycles. The van der Waals surface area contributed by atoms with Crippen LogP contribution < -0.4 is 4.72 Å². The molecule has 3 nitrogen and oxygen atoms in total. The predicted molar refractivity (Wildman–Crippen MR) is 94.9 cm³/mol. The van der Waals surface area contributed by atoms with Crippen molar-refractivity contribution >= 4 is 10.0 Å². The first-order chi connectivity index (χ1) is 11.0. The molecule has 0 spiro atoms. The molecule has 4 heteroatoms. The first-order valence-corrected chi connectivity index (χ1v) is 9.63. The smallest absolute Gasteiger partial charge is 0.207 e. The van der Waals surface area contributed by atoms with Gasteiger partial charge in [0.05, 0.1) is 4.90 Å². The van der Waals surface area contributed by atoms with Gasteiger partial charge < -0.3 is 0 Å². The molecule has 0 bridgehead atoms. The van der Waals surface area contributed by atoms with E-state index in [0.717, 1.165) is 12.0 Å². The standard InChI is InChI=1S/C19H25NO2S/c1-4-15(3)16-11-13-18(14-12-16)23(21,22)20-19(5-2)17-9-7-6-8-10-17/h6-15,19-20H,4-5H2,1-3H3. The van der Waals surface area contributed by atoms with Gasteiger partial charge in [0.25, 0.3) is 0 Å². The molecule has 2 unspecified atom stereocenters. The minimum Gasteiger partial charge on any atom is -0.207 e. The van der Waals surface area contributed by atoms with Gasteiger partial charge in [0.1, 0.15) is 0 Å². The Labute approximate surface area is 139 Å². The molecule has 0 aliphatic heterocycles. The zero-order valence-corrected chi connectivity index (χ0v) is 14.8. The highest BCUT2D eigenvalue weighted by Gasteiger charge is 2.20. The first-order valence-electron chi connectivity index (χ1n) is 8.15. The van der Waals surface area contributed by atoms with Gasteiger partial charge in [-0.3, -0.25) is 0 Å². The maximum Gasteiger partial charge on any atom is 0.241 e. The molecule has 0 aliphatic carbocycles. The van der Waals surface area contributed by atoms with Crippen molar-refractivity contribution in [2.45, 2.75) is 50.5 Å². The summed E-state index contributed by atoms with van der Waals surface area (Å²) in [6.45, 7) is 6.25. The molecule has 0 amide bonds. The van der Waals surface area contributed by atoms with E-state index in [4.69, 9.17) is 0 Å². The van der Waals surface area contributed by atoms with E-state index in [9.17, 15) is 8.42 Å². The van der Waals surface area contributed by atoms with Crippen LogP contribution in [0, 0.1) is 0 Å². The Balaban J connectivity index is 2.21. The van der Waals surface area contributed by atoms with E-state index >= 15 is 0 Å². The van der Waals surface area contributed by atoms with Gasteiger partial charge >= 0.3 is 0 Å². The van der Waals surface area contributed by atoms with Gasteiger partial charge in [0.2, 0.25) is 10.0 Å². The number of sulfonamides is 1. The second kappa shape index (κ2) is 7.75. The molecule has 0 aliphatic rings. The normalized spacial score (nSPS) is 14.4. The van der Waals surface area contributed by atoms with Crippen LogP contribution in [0.15, 0.2) is 59.5 Å². The van der Waals surface area contributed by atoms with Gasteiger partial charge in [-0.1, -0.05) is 63.2 Å². The molecule has 0 radical (unpaired) electrons. The molecule has 2 aromatic carbocycles. The summed E-state index contributed by atoms with van der Waals surface area (Å²) in [5.41, 5.74) is 2.15. The molecular formula is C19H25NO2S. The number of hydrogen-bond donors (Lipinski definition) is 1. The number of hydrogen-bond acceptors (Lipinski definition) is 2. The molecule has 0 heterocycles. The topological polar surface area (TPSA) is 46.2 Å². The van der Waals surface area contributed by atoms with E-state index in [2.05, 4.69) is 18.6 Å². The van der Waals surface area contributed by atoms with Crippen molar-refractivity contribution in [1.29, 1.82) is 0 Å². The van der Waals surface area contributed by atoms with Crippen LogP contribution in [0.2, 0.25) is 0 Å². The second-order valence-electron chi connectivity index (χ2n) is 5.87. The summed E-state index contributed by atoms with van der Waals surface area (Å²) in [6.07, 6.45) is 1.74. The van der Waals surface area contributed by atoms with Crippen molar-refractivity contribution < 1.29 is 8.42 Å². The molecule has 0 saturated carbocycles. The number of rotatable bonds is 7. The Morgan fingerprint density at radius 1 is 0.870 bits per heavy atom. The summed E-state index contributed by atoms with van der Waals surface area (Å²) in [6, 6.07) is 16.7. The third-order valence-corrected chi connectivity index (χ3v) is 5.77. The monoisotopic (exact) mass is 331 g/mol. The summed E-state index contributed by atoms with van der Waals surface area (Å²) < 4.78 is 28.0. The Bertz CT molecular complexity index is 709. The third-order valence-electron chi connectivity index (χ3n) is 4.28. The van der Waals surface area contributed by atoms with Gasteiger partial charge in [-0.25, -0.2) is 13.1 Å². The lowest BCUT2D eigenvalue weighted by atomic mass is 9.99. The third kappa shape index (κ3) is 4.43. The minimum atomic E-state index is -3.52. The van der Waals surface area contributed by atoms with Crippen LogP contribution in [0.3, 0.4) is 0 Å². The summed E-state index contributed by atoms with van der Waals surface area (Å²) >= 11 is 0. The summed E-state index contributed by atoms with van der Waals surface area (Å²) in [5.74, 6) is 0.437. The van der Waals surface area contributed by atoms with E-state index in [1.807, 2.05) is 49.4 Å². The zero-order chi connectivity index (χ0) is 16.9. The Hall–Kier alpha value is -1.65. The van der Waals surface area contributed by atoms with Crippen LogP contribution in [0.5, 0.6) is 0 Å². The summed E-state index contributed by atoms with van der Waals surface area (Å²) in [4.78, 5) is 0.318. The summed E-state index contributed by atoms with van der Waals surface area (Å²) in [5, 5.41) is 0. The molecule has 0 fully saturated rings. The van der Waals surface area contributed by atoms with Crippen molar-refractivity contribution in [1.82, 2.24) is 4.72 Å². The van der Waals surface area contributed by atoms with E-state index < -0.39 is 10.0 Å². The molecule has 2 atom stereocenters. The zero-order valence-electron chi connectivity index (χ0n) is 14.0. The average molecular weight is 331 g/mol. The van der Waals surface area contributed by atoms with E-state index in [-0.39, 0.29) is 6.04 Å². The Morgan fingerprint density at radius 3 is 2.00 bits per heavy atom. The lowest BCUT2D eigenvalue weighted by Crippen LogP contribution is -2.28. The van der Waals surface area contributed by atoms with Crippen LogP contribution in [0.1, 0.15) is 56.7 Å². The average Bonchev–Trinajstić information content (AvgIpc) is 2.60. The van der Waals surface area contributed by atoms with Gasteiger partial charge in [-0.05, 0) is 42.0 Å². The largest absolute Gasteiger partial charge is 0.241 e. The highest BCUT2D eigenvalue weighted by molar-refractivity contribution is 7.89. The Kier molecular flexibility index (Phi) is 5.97. The summed E-state index contributed by atoms with van der Waals surface area (Å²) in [7, 11) is -3.52. The van der Waals surface area contributed by atoms with Crippen LogP contribution in [0.25, 0.3) is 0 Å². The van der Waals surface area contributed by atoms with Gasteiger partial charge in [-0.15, -0.1) is 0 Å². The van der Waals surface area contributed by atoms with Crippen LogP contribution in [-0.2, 0) is 10.0 Å². The van der Waals surface area contributed by atoms with Crippen LogP contribution >= 0.6 is 0 Å². The Morgan fingerprint density at radius 2 is 1.48 bits per heavy atom. The lowest BCUT2D eigenvalue weighted by molar-refractivity contribution is 0.550. The van der Waals surface area contributed by atoms with Crippen LogP contribution in [-0.4, -0.2) is 8.42 Å². The molecular weight excluding hydrogens is 306 g/mol. The van der Waals surface area contributed by atoms with Crippen molar-refractivity contribution in [2.75, 3.05) is 0 Å². The second-order valence-corrected chi connectivity index (χ2v) is 7.59. The van der Waals surface area contributed by atoms with Gasteiger partial charge in [0.15, 0.2) is 0 Å². The van der Waals surface area contributed by atoms with Crippen molar-refractivity contribution in [3.63, 3.8) is 0 Å². The fourth-order valence-electron chi connectivity index (χ4n) is 2.54. The van der Waals surface area contributed by atoms with Gasteiger partial charge in [0, 0.05) is 6.04 Å². The SMILES string of the molecule is CCC(C)c1ccc(S(=O)(=O)NC(CC)c2ccccc2)cc1. The fraction of sp³-hybridized carbons (Fsp3) is 0.368. The van der Waals surface area contributed by atoms with Gasteiger partial charge in [-0.2, -0.15) is 0 Å². The van der Waals surface area contributed by atoms with E-state index in [1.54, 1.807) is 12.1 Å². The van der Waals surface area contributed by atoms with E-state index in [0.29, 0.717) is 17.2 Å². The highest BCUT2D eigenvalue weighted by atomic mass is 32.2. The number of benzene rings is 2. The maximum atomic E-state index is 12.6.